The van der Waals surface area contributed by atoms with Gasteiger partial charge in [0.2, 0.25) is 0 Å². The average molecular weight is 881 g/mol. The molecule has 2 heteroatoms. The number of para-hydroxylation sites is 1. The third-order valence-corrected chi connectivity index (χ3v) is 14.5. The molecule has 69 heavy (non-hydrogen) atoms. The summed E-state index contributed by atoms with van der Waals surface area (Å²) in [4.78, 5) is 2.49. The Kier molecular flexibility index (Phi) is 9.91. The molecule has 0 saturated carbocycles. The summed E-state index contributed by atoms with van der Waals surface area (Å²) in [6, 6.07) is 94.0. The van der Waals surface area contributed by atoms with Gasteiger partial charge in [0.05, 0.1) is 16.6 Å². The van der Waals surface area contributed by atoms with Crippen molar-refractivity contribution in [1.29, 1.82) is 0 Å². The Hall–Kier alpha value is -8.72. The second-order valence-electron chi connectivity index (χ2n) is 18.3. The molecule has 2 aliphatic rings. The molecule has 0 bridgehead atoms. The molecular formula is C67H48N2. The van der Waals surface area contributed by atoms with Gasteiger partial charge in [-0.15, -0.1) is 0 Å². The van der Waals surface area contributed by atoms with Crippen molar-refractivity contribution in [2.45, 2.75) is 18.3 Å². The first kappa shape index (κ1) is 40.5. The predicted molar refractivity (Wildman–Crippen MR) is 289 cm³/mol. The molecule has 326 valence electrons. The van der Waals surface area contributed by atoms with Crippen LogP contribution in [0.1, 0.15) is 35.1 Å². The van der Waals surface area contributed by atoms with Gasteiger partial charge in [-0.2, -0.15) is 0 Å². The molecule has 0 saturated heterocycles. The number of hydrogen-bond donors (Lipinski definition) is 0. The minimum absolute atomic E-state index is 0.649. The standard InChI is InChI=1S/C67H48N2/c1-6-20-47(21-7-1)49-34-39-55(40-35-49)68(56-41-36-50(37-42-56)48-22-8-2-9-23-48)64-45-43-57(51-38-44-63-60(46-51)58-30-17-19-33-62(58)69(63)54-28-14-5-15-29-54)66-65(64)59-31-16-18-32-61(59)67(66,52-24-10-3-11-25-52)53-26-12-4-13-27-53/h1-16,18,20-46H,17,19H2. The minimum Gasteiger partial charge on any atom is -0.310 e. The zero-order valence-corrected chi connectivity index (χ0v) is 38.2. The largest absolute Gasteiger partial charge is 0.310 e. The first-order valence-corrected chi connectivity index (χ1v) is 24.2. The minimum atomic E-state index is -0.649. The molecule has 0 spiro atoms. The van der Waals surface area contributed by atoms with Gasteiger partial charge in [0, 0.05) is 38.6 Å². The van der Waals surface area contributed by atoms with E-state index in [1.807, 2.05) is 0 Å². The van der Waals surface area contributed by atoms with Gasteiger partial charge >= 0.3 is 0 Å². The number of aromatic nitrogens is 1. The van der Waals surface area contributed by atoms with Crippen LogP contribution in [0.5, 0.6) is 0 Å². The Balaban J connectivity index is 1.12. The predicted octanol–water partition coefficient (Wildman–Crippen LogP) is 15.8. The van der Waals surface area contributed by atoms with Crippen molar-refractivity contribution in [3.8, 4) is 50.2 Å². The molecule has 0 unspecified atom stereocenters. The fourth-order valence-electron chi connectivity index (χ4n) is 11.5. The van der Waals surface area contributed by atoms with E-state index in [1.54, 1.807) is 0 Å². The summed E-state index contributed by atoms with van der Waals surface area (Å²) < 4.78 is 2.45. The SMILES string of the molecule is C1=c2c(n(-c3ccccc3)c3ccc(-c4ccc(N(c5ccc(-c6ccccc6)cc5)c5ccc(-c6ccccc6)cc5)c5c4C(c4ccccc4)(c4ccccc4)c4ccccc4-5)cc23)=CCC1. The molecule has 0 N–H and O–H groups in total. The maximum Gasteiger partial charge on any atom is 0.0720 e. The molecule has 2 nitrogen and oxygen atoms in total. The monoisotopic (exact) mass is 880 g/mol. The summed E-state index contributed by atoms with van der Waals surface area (Å²) in [6.45, 7) is 0. The third-order valence-electron chi connectivity index (χ3n) is 14.5. The van der Waals surface area contributed by atoms with E-state index in [4.69, 9.17) is 0 Å². The van der Waals surface area contributed by atoms with Crippen molar-refractivity contribution in [3.63, 3.8) is 0 Å². The van der Waals surface area contributed by atoms with E-state index < -0.39 is 5.41 Å². The molecular weight excluding hydrogens is 833 g/mol. The quantitative estimate of drug-likeness (QED) is 0.140. The summed E-state index contributed by atoms with van der Waals surface area (Å²) in [5.41, 5.74) is 19.8. The van der Waals surface area contributed by atoms with E-state index in [0.717, 1.165) is 29.9 Å². The van der Waals surface area contributed by atoms with E-state index in [1.165, 1.54) is 93.9 Å². The first-order chi connectivity index (χ1) is 34.3. The van der Waals surface area contributed by atoms with Crippen LogP contribution in [0.25, 0.3) is 73.2 Å². The maximum atomic E-state index is 2.49. The summed E-state index contributed by atoms with van der Waals surface area (Å²) in [5.74, 6) is 0. The van der Waals surface area contributed by atoms with Crippen LogP contribution >= 0.6 is 0 Å². The number of fused-ring (bicyclic) bond motifs is 6. The van der Waals surface area contributed by atoms with Gasteiger partial charge < -0.3 is 9.47 Å². The van der Waals surface area contributed by atoms with Crippen LogP contribution in [0.3, 0.4) is 0 Å². The lowest BCUT2D eigenvalue weighted by Crippen LogP contribution is -2.30. The van der Waals surface area contributed by atoms with Crippen molar-refractivity contribution in [2.24, 2.45) is 0 Å². The number of anilines is 3. The Morgan fingerprint density at radius 1 is 0.391 bits per heavy atom. The zero-order valence-electron chi connectivity index (χ0n) is 38.2. The first-order valence-electron chi connectivity index (χ1n) is 24.2. The molecule has 10 aromatic carbocycles. The molecule has 0 amide bonds. The third kappa shape index (κ3) is 6.63. The van der Waals surface area contributed by atoms with E-state index in [9.17, 15) is 0 Å². The molecule has 0 atom stereocenters. The number of rotatable bonds is 9. The van der Waals surface area contributed by atoms with Crippen molar-refractivity contribution < 1.29 is 0 Å². The summed E-state index contributed by atoms with van der Waals surface area (Å²) in [5, 5.41) is 3.88. The Labute approximate surface area is 403 Å². The highest BCUT2D eigenvalue weighted by Crippen LogP contribution is 2.62. The summed E-state index contributed by atoms with van der Waals surface area (Å²) in [6.07, 6.45) is 6.94. The van der Waals surface area contributed by atoms with E-state index in [2.05, 4.69) is 276 Å². The van der Waals surface area contributed by atoms with Gasteiger partial charge in [-0.05, 0) is 129 Å². The van der Waals surface area contributed by atoms with Gasteiger partial charge in [-0.3, -0.25) is 0 Å². The summed E-state index contributed by atoms with van der Waals surface area (Å²) >= 11 is 0. The molecule has 0 radical (unpaired) electrons. The number of hydrogen-bond acceptors (Lipinski definition) is 1. The molecule has 0 fully saturated rings. The van der Waals surface area contributed by atoms with Crippen LogP contribution in [-0.4, -0.2) is 4.57 Å². The highest BCUT2D eigenvalue weighted by molar-refractivity contribution is 6.02. The van der Waals surface area contributed by atoms with Crippen LogP contribution in [-0.2, 0) is 5.41 Å². The lowest BCUT2D eigenvalue weighted by atomic mass is 9.66. The average Bonchev–Trinajstić information content (AvgIpc) is 3.94. The van der Waals surface area contributed by atoms with Gasteiger partial charge in [0.1, 0.15) is 0 Å². The molecule has 1 heterocycles. The van der Waals surface area contributed by atoms with Crippen molar-refractivity contribution in [1.82, 2.24) is 4.57 Å². The Morgan fingerprint density at radius 3 is 1.48 bits per heavy atom. The zero-order chi connectivity index (χ0) is 45.7. The second-order valence-corrected chi connectivity index (χ2v) is 18.3. The highest BCUT2D eigenvalue weighted by Gasteiger charge is 2.49. The molecule has 11 aromatic rings. The van der Waals surface area contributed by atoms with Gasteiger partial charge in [0.25, 0.3) is 0 Å². The second kappa shape index (κ2) is 16.9. The van der Waals surface area contributed by atoms with Crippen molar-refractivity contribution in [2.75, 3.05) is 4.90 Å². The van der Waals surface area contributed by atoms with Crippen molar-refractivity contribution >= 4 is 40.1 Å². The smallest absolute Gasteiger partial charge is 0.0720 e. The molecule has 2 aliphatic carbocycles. The van der Waals surface area contributed by atoms with Crippen molar-refractivity contribution in [3.05, 3.63) is 288 Å². The summed E-state index contributed by atoms with van der Waals surface area (Å²) in [7, 11) is 0. The van der Waals surface area contributed by atoms with Gasteiger partial charge in [-0.25, -0.2) is 0 Å². The maximum absolute atomic E-state index is 2.49. The Bertz CT molecular complexity index is 3660. The van der Waals surface area contributed by atoms with Crippen LogP contribution in [0.15, 0.2) is 255 Å². The van der Waals surface area contributed by atoms with Crippen LogP contribution < -0.4 is 15.5 Å². The number of benzene rings is 10. The van der Waals surface area contributed by atoms with E-state index >= 15 is 0 Å². The fraction of sp³-hybridized carbons (Fsp3) is 0.0448. The van der Waals surface area contributed by atoms with Gasteiger partial charge in [0.15, 0.2) is 0 Å². The van der Waals surface area contributed by atoms with Crippen LogP contribution in [0, 0.1) is 0 Å². The topological polar surface area (TPSA) is 8.17 Å². The number of nitrogens with zero attached hydrogens (tertiary/aromatic N) is 2. The van der Waals surface area contributed by atoms with E-state index in [-0.39, 0.29) is 0 Å². The highest BCUT2D eigenvalue weighted by atomic mass is 15.1. The molecule has 0 aliphatic heterocycles. The Morgan fingerprint density at radius 2 is 0.884 bits per heavy atom. The lowest BCUT2D eigenvalue weighted by Gasteiger charge is -2.36. The lowest BCUT2D eigenvalue weighted by molar-refractivity contribution is 0.770. The van der Waals surface area contributed by atoms with Crippen LogP contribution in [0.4, 0.5) is 17.1 Å². The normalized spacial score (nSPS) is 13.2. The van der Waals surface area contributed by atoms with Gasteiger partial charge in [-0.1, -0.05) is 212 Å². The molecule has 1 aromatic heterocycles. The fourth-order valence-corrected chi connectivity index (χ4v) is 11.5. The van der Waals surface area contributed by atoms with Crippen LogP contribution in [0.2, 0.25) is 0 Å². The van der Waals surface area contributed by atoms with E-state index in [0.29, 0.717) is 0 Å². The molecule has 13 rings (SSSR count).